The summed E-state index contributed by atoms with van der Waals surface area (Å²) in [7, 11) is 0. The lowest BCUT2D eigenvalue weighted by Gasteiger charge is -2.07. The van der Waals surface area contributed by atoms with Crippen molar-refractivity contribution in [3.05, 3.63) is 59.2 Å². The average Bonchev–Trinajstić information content (AvgIpc) is 2.33. The Morgan fingerprint density at radius 3 is 2.18 bits per heavy atom. The van der Waals surface area contributed by atoms with Crippen LogP contribution in [-0.4, -0.2) is 0 Å². The van der Waals surface area contributed by atoms with E-state index in [-0.39, 0.29) is 0 Å². The molecule has 0 aliphatic heterocycles. The molecule has 0 atom stereocenters. The largest absolute Gasteiger partial charge is 0.204 e. The van der Waals surface area contributed by atoms with Crippen LogP contribution in [0.25, 0.3) is 11.1 Å². The van der Waals surface area contributed by atoms with Gasteiger partial charge in [-0.15, -0.1) is 0 Å². The van der Waals surface area contributed by atoms with E-state index in [2.05, 4.69) is 0 Å². The van der Waals surface area contributed by atoms with Crippen molar-refractivity contribution in [1.82, 2.24) is 0 Å². The molecule has 2 aromatic rings. The maximum Gasteiger partial charge on any atom is 0.162 e. The second kappa shape index (κ2) is 4.66. The lowest BCUT2D eigenvalue weighted by Crippen LogP contribution is -1.94. The Morgan fingerprint density at radius 1 is 0.941 bits per heavy atom. The minimum atomic E-state index is -0.778. The first-order valence-electron chi connectivity index (χ1n) is 5.66. The van der Waals surface area contributed by atoms with Crippen molar-refractivity contribution in [3.63, 3.8) is 0 Å². The van der Waals surface area contributed by atoms with Crippen LogP contribution >= 0.6 is 0 Å². The van der Waals surface area contributed by atoms with Gasteiger partial charge in [0.1, 0.15) is 0 Å². The molecule has 88 valence electrons. The normalized spacial score (nSPS) is 10.6. The van der Waals surface area contributed by atoms with Gasteiger partial charge in [-0.2, -0.15) is 0 Å². The van der Waals surface area contributed by atoms with Crippen LogP contribution in [-0.2, 0) is 6.42 Å². The topological polar surface area (TPSA) is 0 Å². The maximum atomic E-state index is 13.4. The van der Waals surface area contributed by atoms with Crippen LogP contribution in [0.5, 0.6) is 0 Å². The minimum absolute atomic E-state index is 0.417. The molecule has 2 rings (SSSR count). The first-order chi connectivity index (χ1) is 8.11. The van der Waals surface area contributed by atoms with Gasteiger partial charge in [-0.3, -0.25) is 0 Å². The molecule has 0 aliphatic rings. The Balaban J connectivity index is 2.52. The molecule has 0 fully saturated rings. The molecular formula is C15H14F2. The third-order valence-electron chi connectivity index (χ3n) is 2.87. The minimum Gasteiger partial charge on any atom is -0.204 e. The van der Waals surface area contributed by atoms with E-state index >= 15 is 0 Å². The summed E-state index contributed by atoms with van der Waals surface area (Å²) in [6, 6.07) is 10.7. The highest BCUT2D eigenvalue weighted by Crippen LogP contribution is 2.25. The first kappa shape index (κ1) is 11.8. The van der Waals surface area contributed by atoms with Gasteiger partial charge in [-0.25, -0.2) is 8.78 Å². The molecule has 0 spiro atoms. The van der Waals surface area contributed by atoms with E-state index in [9.17, 15) is 8.78 Å². The first-order valence-corrected chi connectivity index (χ1v) is 5.66. The van der Waals surface area contributed by atoms with Gasteiger partial charge >= 0.3 is 0 Å². The molecule has 0 saturated carbocycles. The van der Waals surface area contributed by atoms with Crippen molar-refractivity contribution in [1.29, 1.82) is 0 Å². The van der Waals surface area contributed by atoms with E-state index in [1.165, 1.54) is 6.07 Å². The number of rotatable bonds is 2. The second-order valence-corrected chi connectivity index (χ2v) is 4.15. The van der Waals surface area contributed by atoms with Crippen LogP contribution in [0.2, 0.25) is 0 Å². The number of benzene rings is 2. The van der Waals surface area contributed by atoms with Gasteiger partial charge < -0.3 is 0 Å². The molecule has 0 aliphatic carbocycles. The molecule has 0 aromatic heterocycles. The summed E-state index contributed by atoms with van der Waals surface area (Å²) in [6.45, 7) is 3.81. The van der Waals surface area contributed by atoms with Gasteiger partial charge in [0.05, 0.1) is 0 Å². The van der Waals surface area contributed by atoms with Crippen LogP contribution in [0, 0.1) is 18.6 Å². The number of hydrogen-bond donors (Lipinski definition) is 0. The Kier molecular flexibility index (Phi) is 3.23. The van der Waals surface area contributed by atoms with Gasteiger partial charge in [-0.05, 0) is 42.2 Å². The molecule has 0 nitrogen and oxygen atoms in total. The van der Waals surface area contributed by atoms with Crippen LogP contribution in [0.15, 0.2) is 36.4 Å². The molecule has 17 heavy (non-hydrogen) atoms. The van der Waals surface area contributed by atoms with Gasteiger partial charge in [0, 0.05) is 0 Å². The fraction of sp³-hybridized carbons (Fsp3) is 0.200. The molecular weight excluding hydrogens is 218 g/mol. The highest BCUT2D eigenvalue weighted by Gasteiger charge is 2.10. The van der Waals surface area contributed by atoms with Gasteiger partial charge in [0.15, 0.2) is 11.6 Å². The fourth-order valence-electron chi connectivity index (χ4n) is 1.82. The molecule has 0 bridgehead atoms. The van der Waals surface area contributed by atoms with Crippen molar-refractivity contribution in [2.75, 3.05) is 0 Å². The zero-order valence-corrected chi connectivity index (χ0v) is 9.93. The van der Waals surface area contributed by atoms with E-state index in [1.54, 1.807) is 6.07 Å². The summed E-state index contributed by atoms with van der Waals surface area (Å²) in [5, 5.41) is 0. The SMILES string of the molecule is CCc1cc(-c2ccc(C)cc2)cc(F)c1F. The number of aryl methyl sites for hydroxylation is 2. The van der Waals surface area contributed by atoms with Gasteiger partial charge in [0.25, 0.3) is 0 Å². The summed E-state index contributed by atoms with van der Waals surface area (Å²) in [5.74, 6) is -1.51. The van der Waals surface area contributed by atoms with E-state index in [1.807, 2.05) is 38.1 Å². The molecule has 0 heterocycles. The predicted molar refractivity (Wildman–Crippen MR) is 65.9 cm³/mol. The highest BCUT2D eigenvalue weighted by atomic mass is 19.2. The van der Waals surface area contributed by atoms with Crippen molar-refractivity contribution in [2.45, 2.75) is 20.3 Å². The molecule has 0 N–H and O–H groups in total. The monoisotopic (exact) mass is 232 g/mol. The summed E-state index contributed by atoms with van der Waals surface area (Å²) < 4.78 is 26.8. The molecule has 0 unspecified atom stereocenters. The standard InChI is InChI=1S/C15H14F2/c1-3-11-8-13(9-14(16)15(11)17)12-6-4-10(2)5-7-12/h4-9H,3H2,1-2H3. The van der Waals surface area contributed by atoms with E-state index in [0.717, 1.165) is 16.7 Å². The van der Waals surface area contributed by atoms with Gasteiger partial charge in [0.2, 0.25) is 0 Å². The zero-order chi connectivity index (χ0) is 12.4. The molecule has 2 heteroatoms. The van der Waals surface area contributed by atoms with E-state index in [4.69, 9.17) is 0 Å². The maximum absolute atomic E-state index is 13.4. The number of halogens is 2. The van der Waals surface area contributed by atoms with Crippen LogP contribution in [0.1, 0.15) is 18.1 Å². The van der Waals surface area contributed by atoms with E-state index in [0.29, 0.717) is 12.0 Å². The molecule has 2 aromatic carbocycles. The number of hydrogen-bond acceptors (Lipinski definition) is 0. The summed E-state index contributed by atoms with van der Waals surface area (Å²) in [4.78, 5) is 0. The van der Waals surface area contributed by atoms with Crippen LogP contribution < -0.4 is 0 Å². The molecule has 0 amide bonds. The second-order valence-electron chi connectivity index (χ2n) is 4.15. The summed E-state index contributed by atoms with van der Waals surface area (Å²) in [6.07, 6.45) is 0.489. The molecule has 0 radical (unpaired) electrons. The van der Waals surface area contributed by atoms with E-state index < -0.39 is 11.6 Å². The fourth-order valence-corrected chi connectivity index (χ4v) is 1.82. The van der Waals surface area contributed by atoms with Crippen LogP contribution in [0.3, 0.4) is 0 Å². The quantitative estimate of drug-likeness (QED) is 0.715. The Bertz CT molecular complexity index is 527. The Morgan fingerprint density at radius 2 is 1.59 bits per heavy atom. The Hall–Kier alpha value is -1.70. The lowest BCUT2D eigenvalue weighted by molar-refractivity contribution is 0.500. The third kappa shape index (κ3) is 2.36. The average molecular weight is 232 g/mol. The van der Waals surface area contributed by atoms with Crippen molar-refractivity contribution >= 4 is 0 Å². The lowest BCUT2D eigenvalue weighted by atomic mass is 10.0. The smallest absolute Gasteiger partial charge is 0.162 e. The van der Waals surface area contributed by atoms with Crippen LogP contribution in [0.4, 0.5) is 8.78 Å². The summed E-state index contributed by atoms with van der Waals surface area (Å²) in [5.41, 5.74) is 3.19. The summed E-state index contributed by atoms with van der Waals surface area (Å²) >= 11 is 0. The van der Waals surface area contributed by atoms with Crippen molar-refractivity contribution in [3.8, 4) is 11.1 Å². The third-order valence-corrected chi connectivity index (χ3v) is 2.87. The molecule has 0 saturated heterocycles. The zero-order valence-electron chi connectivity index (χ0n) is 9.93. The van der Waals surface area contributed by atoms with Gasteiger partial charge in [-0.1, -0.05) is 36.8 Å². The van der Waals surface area contributed by atoms with Crippen molar-refractivity contribution < 1.29 is 8.78 Å². The van der Waals surface area contributed by atoms with Crippen molar-refractivity contribution in [2.24, 2.45) is 0 Å². The highest BCUT2D eigenvalue weighted by molar-refractivity contribution is 5.64. The predicted octanol–water partition coefficient (Wildman–Crippen LogP) is 4.50. The Labute approximate surface area is 99.9 Å².